The minimum absolute atomic E-state index is 0.0528. The number of thiophene rings is 1. The molecule has 1 aromatic carbocycles. The van der Waals surface area contributed by atoms with E-state index in [2.05, 4.69) is 58.4 Å². The molecule has 0 unspecified atom stereocenters. The summed E-state index contributed by atoms with van der Waals surface area (Å²) in [6.45, 7) is 13.7. The highest BCUT2D eigenvalue weighted by Crippen LogP contribution is 2.20. The van der Waals surface area contributed by atoms with E-state index >= 15 is 0 Å². The fourth-order valence-corrected chi connectivity index (χ4v) is 4.93. The molecule has 32 heavy (non-hydrogen) atoms. The third-order valence-corrected chi connectivity index (χ3v) is 7.05. The van der Waals surface area contributed by atoms with Crippen LogP contribution in [-0.4, -0.2) is 46.1 Å². The molecule has 0 aliphatic heterocycles. The highest BCUT2D eigenvalue weighted by Gasteiger charge is 2.15. The van der Waals surface area contributed by atoms with Gasteiger partial charge in [-0.1, -0.05) is 26.0 Å². The topological polar surface area (TPSA) is 51.4 Å². The Balaban J connectivity index is 1.76. The normalized spacial score (nSPS) is 11.3. The molecule has 0 saturated carbocycles. The Labute approximate surface area is 200 Å². The van der Waals surface area contributed by atoms with E-state index in [9.17, 15) is 4.79 Å². The van der Waals surface area contributed by atoms with E-state index in [-0.39, 0.29) is 5.56 Å². The minimum Gasteiger partial charge on any atom is -0.363 e. The highest BCUT2D eigenvalue weighted by atomic mass is 32.1. The Kier molecular flexibility index (Phi) is 8.84. The maximum absolute atomic E-state index is 12.9. The van der Waals surface area contributed by atoms with Gasteiger partial charge in [0.25, 0.3) is 5.56 Å². The first-order valence-electron chi connectivity index (χ1n) is 11.3. The molecule has 2 heterocycles. The maximum Gasteiger partial charge on any atom is 0.253 e. The number of nitrogens with zero attached hydrogens (tertiary/aromatic N) is 2. The van der Waals surface area contributed by atoms with Crippen molar-refractivity contribution in [2.45, 2.75) is 47.2 Å². The summed E-state index contributed by atoms with van der Waals surface area (Å²) in [4.78, 5) is 21.7. The van der Waals surface area contributed by atoms with Crippen molar-refractivity contribution >= 4 is 39.6 Å². The monoisotopic (exact) mass is 470 g/mol. The number of aromatic amines is 1. The van der Waals surface area contributed by atoms with Crippen molar-refractivity contribution in [1.82, 2.24) is 20.1 Å². The molecular formula is C25H34N4OS2. The van der Waals surface area contributed by atoms with E-state index in [1.165, 1.54) is 10.4 Å². The van der Waals surface area contributed by atoms with Crippen molar-refractivity contribution < 1.29 is 0 Å². The van der Waals surface area contributed by atoms with Gasteiger partial charge in [0, 0.05) is 27.9 Å². The third kappa shape index (κ3) is 6.40. The van der Waals surface area contributed by atoms with Crippen LogP contribution in [0.5, 0.6) is 0 Å². The van der Waals surface area contributed by atoms with Gasteiger partial charge in [-0.15, -0.1) is 11.3 Å². The predicted molar refractivity (Wildman–Crippen MR) is 141 cm³/mol. The summed E-state index contributed by atoms with van der Waals surface area (Å²) in [7, 11) is 0. The summed E-state index contributed by atoms with van der Waals surface area (Å²) < 4.78 is 0. The number of hydrogen-bond donors (Lipinski definition) is 2. The standard InChI is InChI=1S/C25H34N4OS2/c1-5-28(6-2)11-8-10-26-25(31)29(17-21-9-7-12-32-21)16-20-15-22-19(4)13-18(3)14-23(22)27-24(20)30/h7,9,12-15H,5-6,8,10-11,16-17H2,1-4H3,(H,26,31)(H,27,30). The molecule has 0 fully saturated rings. The van der Waals surface area contributed by atoms with Crippen molar-refractivity contribution in [2.75, 3.05) is 26.2 Å². The van der Waals surface area contributed by atoms with E-state index in [4.69, 9.17) is 12.2 Å². The molecule has 172 valence electrons. The molecule has 0 amide bonds. The van der Waals surface area contributed by atoms with Gasteiger partial charge in [0.1, 0.15) is 0 Å². The molecule has 0 atom stereocenters. The Hall–Kier alpha value is -2.22. The van der Waals surface area contributed by atoms with Gasteiger partial charge in [-0.25, -0.2) is 0 Å². The number of pyridine rings is 1. The third-order valence-electron chi connectivity index (χ3n) is 5.79. The van der Waals surface area contributed by atoms with Crippen molar-refractivity contribution in [3.05, 3.63) is 67.6 Å². The van der Waals surface area contributed by atoms with Crippen molar-refractivity contribution in [3.63, 3.8) is 0 Å². The van der Waals surface area contributed by atoms with Crippen molar-refractivity contribution in [2.24, 2.45) is 0 Å². The average Bonchev–Trinajstić information content (AvgIpc) is 3.27. The molecule has 0 spiro atoms. The number of fused-ring (bicyclic) bond motifs is 1. The Morgan fingerprint density at radius 2 is 1.94 bits per heavy atom. The highest BCUT2D eigenvalue weighted by molar-refractivity contribution is 7.80. The number of aryl methyl sites for hydroxylation is 2. The predicted octanol–water partition coefficient (Wildman–Crippen LogP) is 4.82. The molecule has 3 rings (SSSR count). The SMILES string of the molecule is CCN(CC)CCCNC(=S)N(Cc1cccs1)Cc1cc2c(C)cc(C)cc2[nH]c1=O. The van der Waals surface area contributed by atoms with Crippen LogP contribution in [0.2, 0.25) is 0 Å². The van der Waals surface area contributed by atoms with E-state index < -0.39 is 0 Å². The number of nitrogens with one attached hydrogen (secondary N) is 2. The molecule has 3 aromatic rings. The van der Waals surface area contributed by atoms with E-state index in [0.29, 0.717) is 18.2 Å². The molecule has 2 N–H and O–H groups in total. The summed E-state index contributed by atoms with van der Waals surface area (Å²) in [6.07, 6.45) is 1.03. The lowest BCUT2D eigenvalue weighted by Gasteiger charge is -2.26. The van der Waals surface area contributed by atoms with Crippen LogP contribution >= 0.6 is 23.6 Å². The number of aromatic nitrogens is 1. The van der Waals surface area contributed by atoms with Crippen LogP contribution in [0.15, 0.2) is 40.5 Å². The molecule has 2 aromatic heterocycles. The second-order valence-electron chi connectivity index (χ2n) is 8.21. The van der Waals surface area contributed by atoms with Gasteiger partial charge in [0.2, 0.25) is 0 Å². The first kappa shape index (κ1) is 24.4. The number of rotatable bonds is 10. The van der Waals surface area contributed by atoms with Crippen LogP contribution in [-0.2, 0) is 13.1 Å². The van der Waals surface area contributed by atoms with Gasteiger partial charge in [-0.2, -0.15) is 0 Å². The second kappa shape index (κ2) is 11.6. The molecular weight excluding hydrogens is 436 g/mol. The summed E-state index contributed by atoms with van der Waals surface area (Å²) in [5.41, 5.74) is 3.88. The Bertz CT molecular complexity index is 1090. The van der Waals surface area contributed by atoms with E-state index in [1.54, 1.807) is 11.3 Å². The molecule has 0 saturated heterocycles. The number of thiocarbonyl (C=S) groups is 1. The van der Waals surface area contributed by atoms with Crippen LogP contribution in [0.4, 0.5) is 0 Å². The largest absolute Gasteiger partial charge is 0.363 e. The van der Waals surface area contributed by atoms with Crippen molar-refractivity contribution in [3.8, 4) is 0 Å². The zero-order valence-corrected chi connectivity index (χ0v) is 21.2. The smallest absolute Gasteiger partial charge is 0.253 e. The zero-order chi connectivity index (χ0) is 23.1. The van der Waals surface area contributed by atoms with E-state index in [1.807, 2.05) is 25.1 Å². The van der Waals surface area contributed by atoms with Crippen LogP contribution < -0.4 is 10.9 Å². The van der Waals surface area contributed by atoms with Gasteiger partial charge in [-0.05, 0) is 86.8 Å². The summed E-state index contributed by atoms with van der Waals surface area (Å²) in [5, 5.41) is 7.26. The fourth-order valence-electron chi connectivity index (χ4n) is 3.98. The molecule has 7 heteroatoms. The first-order valence-corrected chi connectivity index (χ1v) is 12.6. The van der Waals surface area contributed by atoms with E-state index in [0.717, 1.165) is 54.6 Å². The average molecular weight is 471 g/mol. The maximum atomic E-state index is 12.9. The summed E-state index contributed by atoms with van der Waals surface area (Å²) in [5.74, 6) is 0. The van der Waals surface area contributed by atoms with Gasteiger partial charge in [-0.3, -0.25) is 4.79 Å². The lowest BCUT2D eigenvalue weighted by molar-refractivity contribution is 0.299. The summed E-state index contributed by atoms with van der Waals surface area (Å²) in [6, 6.07) is 10.4. The molecule has 0 aliphatic carbocycles. The fraction of sp³-hybridized carbons (Fsp3) is 0.440. The van der Waals surface area contributed by atoms with Crippen LogP contribution in [0.1, 0.15) is 41.8 Å². The Morgan fingerprint density at radius 3 is 2.62 bits per heavy atom. The van der Waals surface area contributed by atoms with Gasteiger partial charge < -0.3 is 20.1 Å². The minimum atomic E-state index is -0.0528. The quantitative estimate of drug-likeness (QED) is 0.329. The lowest BCUT2D eigenvalue weighted by Crippen LogP contribution is -2.40. The van der Waals surface area contributed by atoms with Crippen LogP contribution in [0, 0.1) is 13.8 Å². The molecule has 5 nitrogen and oxygen atoms in total. The summed E-state index contributed by atoms with van der Waals surface area (Å²) >= 11 is 7.47. The molecule has 0 bridgehead atoms. The zero-order valence-electron chi connectivity index (χ0n) is 19.5. The second-order valence-corrected chi connectivity index (χ2v) is 9.63. The number of H-pyrrole nitrogens is 1. The van der Waals surface area contributed by atoms with Crippen LogP contribution in [0.3, 0.4) is 0 Å². The lowest BCUT2D eigenvalue weighted by atomic mass is 10.0. The van der Waals surface area contributed by atoms with Crippen LogP contribution in [0.25, 0.3) is 10.9 Å². The Morgan fingerprint density at radius 1 is 1.16 bits per heavy atom. The molecule has 0 aliphatic rings. The molecule has 0 radical (unpaired) electrons. The van der Waals surface area contributed by atoms with Crippen molar-refractivity contribution in [1.29, 1.82) is 0 Å². The van der Waals surface area contributed by atoms with Gasteiger partial charge in [0.15, 0.2) is 5.11 Å². The number of hydrogen-bond acceptors (Lipinski definition) is 4. The van der Waals surface area contributed by atoms with Gasteiger partial charge in [0.05, 0.1) is 13.1 Å². The van der Waals surface area contributed by atoms with Gasteiger partial charge >= 0.3 is 0 Å². The first-order chi connectivity index (χ1) is 15.4. The number of benzene rings is 1.